The monoisotopic (exact) mass is 1220 g/mol. The van der Waals surface area contributed by atoms with Crippen molar-refractivity contribution in [2.75, 3.05) is 47.5 Å². The summed E-state index contributed by atoms with van der Waals surface area (Å²) in [5.41, 5.74) is 0. The Morgan fingerprint density at radius 3 is 0.860 bits per heavy atom. The van der Waals surface area contributed by atoms with Gasteiger partial charge in [-0.2, -0.15) is 0 Å². The largest absolute Gasteiger partial charge is 0.477 e. The number of hydrogen-bond donors (Lipinski definition) is 1. The maximum atomic E-state index is 13.0. The van der Waals surface area contributed by atoms with Gasteiger partial charge in [-0.15, -0.1) is 0 Å². The number of nitrogens with zero attached hydrogens (tertiary/aromatic N) is 1. The van der Waals surface area contributed by atoms with Crippen LogP contribution in [0, 0.1) is 0 Å². The number of hydrogen-bond acceptors (Lipinski definition) is 7. The Bertz CT molecular complexity index is 1410. The molecule has 0 aromatic heterocycles. The molecule has 0 amide bonds. The summed E-state index contributed by atoms with van der Waals surface area (Å²) in [5.74, 6) is -1.97. The average Bonchev–Trinajstić information content (AvgIpc) is 3.64. The fraction of sp³-hybridized carbons (Fsp3) is 0.935. The number of esters is 2. The van der Waals surface area contributed by atoms with Crippen molar-refractivity contribution >= 4 is 17.9 Å². The number of quaternary nitrogens is 1. The molecule has 0 radical (unpaired) electrons. The second-order valence-electron chi connectivity index (χ2n) is 27.7. The molecular formula is C77H150NO8+. The van der Waals surface area contributed by atoms with Gasteiger partial charge in [-0.05, 0) is 38.5 Å². The molecule has 2 unspecified atom stereocenters. The van der Waals surface area contributed by atoms with E-state index in [9.17, 15) is 19.5 Å². The summed E-state index contributed by atoms with van der Waals surface area (Å²) >= 11 is 0. The van der Waals surface area contributed by atoms with Crippen LogP contribution in [0.2, 0.25) is 0 Å². The van der Waals surface area contributed by atoms with Gasteiger partial charge in [0.15, 0.2) is 6.10 Å². The number of carboxylic acid groups (broad SMARTS) is 1. The summed E-state index contributed by atoms with van der Waals surface area (Å²) in [6, 6.07) is 0. The Labute approximate surface area is 535 Å². The quantitative estimate of drug-likeness (QED) is 0.0211. The predicted molar refractivity (Wildman–Crippen MR) is 369 cm³/mol. The molecule has 0 aliphatic heterocycles. The van der Waals surface area contributed by atoms with E-state index in [2.05, 4.69) is 26.0 Å². The van der Waals surface area contributed by atoms with E-state index in [0.717, 1.165) is 38.5 Å². The molecular weight excluding hydrogens is 1070 g/mol. The summed E-state index contributed by atoms with van der Waals surface area (Å²) in [4.78, 5) is 37.7. The number of allylic oxidation sites excluding steroid dienone is 2. The smallest absolute Gasteiger partial charge is 0.361 e. The number of unbranched alkanes of at least 4 members (excludes halogenated alkanes) is 56. The van der Waals surface area contributed by atoms with E-state index in [1.807, 2.05) is 21.1 Å². The zero-order valence-electron chi connectivity index (χ0n) is 58.5. The van der Waals surface area contributed by atoms with Gasteiger partial charge in [0, 0.05) is 12.8 Å². The van der Waals surface area contributed by atoms with Crippen LogP contribution in [-0.4, -0.2) is 87.4 Å². The van der Waals surface area contributed by atoms with Crippen molar-refractivity contribution in [3.63, 3.8) is 0 Å². The van der Waals surface area contributed by atoms with Crippen molar-refractivity contribution in [3.8, 4) is 0 Å². The van der Waals surface area contributed by atoms with Gasteiger partial charge in [-0.25, -0.2) is 4.79 Å². The molecule has 9 nitrogen and oxygen atoms in total. The first-order chi connectivity index (χ1) is 42.1. The molecule has 0 spiro atoms. The summed E-state index contributed by atoms with van der Waals surface area (Å²) in [6.07, 6.45) is 82.2. The number of ether oxygens (including phenoxy) is 4. The zero-order valence-corrected chi connectivity index (χ0v) is 58.5. The van der Waals surface area contributed by atoms with Gasteiger partial charge in [0.1, 0.15) is 13.2 Å². The first kappa shape index (κ1) is 84.0. The lowest BCUT2D eigenvalue weighted by molar-refractivity contribution is -0.870. The highest BCUT2D eigenvalue weighted by atomic mass is 16.7. The topological polar surface area (TPSA) is 108 Å². The Morgan fingerprint density at radius 2 is 0.593 bits per heavy atom. The minimum absolute atomic E-state index is 0.173. The fourth-order valence-corrected chi connectivity index (χ4v) is 11.9. The molecule has 0 saturated heterocycles. The summed E-state index contributed by atoms with van der Waals surface area (Å²) < 4.78 is 23.1. The summed E-state index contributed by atoms with van der Waals surface area (Å²) in [7, 11) is 6.00. The van der Waals surface area contributed by atoms with Gasteiger partial charge in [-0.1, -0.05) is 366 Å². The number of carbonyl (C=O) groups excluding carboxylic acids is 2. The molecule has 9 heteroatoms. The van der Waals surface area contributed by atoms with Gasteiger partial charge in [0.25, 0.3) is 6.29 Å². The average molecular weight is 1220 g/mol. The molecule has 0 saturated carbocycles. The van der Waals surface area contributed by atoms with E-state index in [4.69, 9.17) is 18.9 Å². The van der Waals surface area contributed by atoms with E-state index in [-0.39, 0.29) is 38.2 Å². The Kier molecular flexibility index (Phi) is 67.4. The van der Waals surface area contributed by atoms with Crippen molar-refractivity contribution in [2.45, 2.75) is 418 Å². The van der Waals surface area contributed by atoms with E-state index in [1.165, 1.54) is 340 Å². The second-order valence-corrected chi connectivity index (χ2v) is 27.7. The molecule has 2 atom stereocenters. The van der Waals surface area contributed by atoms with Crippen LogP contribution >= 0.6 is 0 Å². The first-order valence-electron chi connectivity index (χ1n) is 38.4. The van der Waals surface area contributed by atoms with Gasteiger partial charge in [0.2, 0.25) is 0 Å². The molecule has 0 aliphatic carbocycles. The van der Waals surface area contributed by atoms with Crippen LogP contribution in [-0.2, 0) is 33.3 Å². The van der Waals surface area contributed by atoms with Crippen molar-refractivity contribution < 1.29 is 42.9 Å². The standard InChI is InChI=1S/C77H149NO8/c1-6-8-10-12-14-16-18-20-22-24-26-28-30-32-34-36-38-40-42-44-46-48-50-52-54-56-58-60-62-64-66-68-75(80)86-73(72-85-77(76(81)82)83-70-69-78(3,4)5)71-84-74(79)67-65-63-61-59-57-55-53-51-49-47-45-43-41-39-37-35-33-31-29-27-25-23-21-19-17-15-13-11-9-7-2/h24,26,73,77H,6-23,25,27-72H2,1-5H3/p+1/b26-24-. The number of carbonyl (C=O) groups is 3. The number of likely N-dealkylation sites (N-methyl/N-ethyl adjacent to an activating group) is 1. The van der Waals surface area contributed by atoms with Gasteiger partial charge in [0.05, 0.1) is 34.4 Å². The normalized spacial score (nSPS) is 12.6. The summed E-state index contributed by atoms with van der Waals surface area (Å²) in [6.45, 7) is 4.97. The van der Waals surface area contributed by atoms with Crippen LogP contribution < -0.4 is 0 Å². The first-order valence-corrected chi connectivity index (χ1v) is 38.4. The third kappa shape index (κ3) is 69.5. The molecule has 86 heavy (non-hydrogen) atoms. The highest BCUT2D eigenvalue weighted by Gasteiger charge is 2.25. The van der Waals surface area contributed by atoms with Crippen LogP contribution in [0.3, 0.4) is 0 Å². The van der Waals surface area contributed by atoms with E-state index < -0.39 is 18.4 Å². The number of aliphatic carboxylic acids is 1. The number of rotatable bonds is 73. The molecule has 0 heterocycles. The van der Waals surface area contributed by atoms with E-state index in [0.29, 0.717) is 17.4 Å². The third-order valence-corrected chi connectivity index (χ3v) is 17.8. The number of carboxylic acids is 1. The predicted octanol–water partition coefficient (Wildman–Crippen LogP) is 24.0. The zero-order chi connectivity index (χ0) is 62.6. The Hall–Kier alpha value is -1.97. The van der Waals surface area contributed by atoms with Crippen LogP contribution in [0.4, 0.5) is 0 Å². The highest BCUT2D eigenvalue weighted by Crippen LogP contribution is 2.20. The third-order valence-electron chi connectivity index (χ3n) is 17.8. The molecule has 1 N–H and O–H groups in total. The molecule has 0 aromatic rings. The summed E-state index contributed by atoms with van der Waals surface area (Å²) in [5, 5.41) is 9.76. The minimum atomic E-state index is -1.51. The molecule has 0 aliphatic rings. The van der Waals surface area contributed by atoms with Crippen LogP contribution in [0.15, 0.2) is 12.2 Å². The second kappa shape index (κ2) is 68.9. The molecule has 0 bridgehead atoms. The molecule has 510 valence electrons. The highest BCUT2D eigenvalue weighted by molar-refractivity contribution is 5.71. The molecule has 0 fully saturated rings. The van der Waals surface area contributed by atoms with Gasteiger partial charge < -0.3 is 28.5 Å². The Morgan fingerprint density at radius 1 is 0.337 bits per heavy atom. The van der Waals surface area contributed by atoms with E-state index in [1.54, 1.807) is 0 Å². The van der Waals surface area contributed by atoms with Crippen LogP contribution in [0.5, 0.6) is 0 Å². The lowest BCUT2D eigenvalue weighted by atomic mass is 10.0. The SMILES string of the molecule is CCCCCCCCCC/C=C\CCCCCCCCCCCCCCCCCCCCCC(=O)OC(COC(=O)CCCCCCCCCCCCCCCCCCCCCCCCCCCCCCCC)COC(OCC[N+](C)(C)C)C(=O)O. The van der Waals surface area contributed by atoms with Gasteiger partial charge in [-0.3, -0.25) is 9.59 Å². The maximum Gasteiger partial charge on any atom is 0.361 e. The lowest BCUT2D eigenvalue weighted by Crippen LogP contribution is -2.40. The molecule has 0 aromatic carbocycles. The maximum absolute atomic E-state index is 13.0. The van der Waals surface area contributed by atoms with Crippen molar-refractivity contribution in [1.29, 1.82) is 0 Å². The fourth-order valence-electron chi connectivity index (χ4n) is 11.9. The molecule has 0 rings (SSSR count). The lowest BCUT2D eigenvalue weighted by Gasteiger charge is -2.25. The van der Waals surface area contributed by atoms with Gasteiger partial charge >= 0.3 is 17.9 Å². The Balaban J connectivity index is 3.99. The van der Waals surface area contributed by atoms with Crippen LogP contribution in [0.25, 0.3) is 0 Å². The van der Waals surface area contributed by atoms with Crippen molar-refractivity contribution in [1.82, 2.24) is 0 Å². The van der Waals surface area contributed by atoms with Crippen molar-refractivity contribution in [2.24, 2.45) is 0 Å². The van der Waals surface area contributed by atoms with E-state index >= 15 is 0 Å². The minimum Gasteiger partial charge on any atom is -0.477 e. The van der Waals surface area contributed by atoms with Crippen LogP contribution in [0.1, 0.15) is 406 Å². The van der Waals surface area contributed by atoms with Crippen molar-refractivity contribution in [3.05, 3.63) is 12.2 Å².